The lowest BCUT2D eigenvalue weighted by Gasteiger charge is -2.41. The quantitative estimate of drug-likeness (QED) is 0.0256. The molecule has 5 aliphatic rings. The molecule has 2 aromatic heterocycles. The van der Waals surface area contributed by atoms with Gasteiger partial charge in [-0.2, -0.15) is 0 Å². The van der Waals surface area contributed by atoms with Crippen LogP contribution in [0.2, 0.25) is 0 Å². The number of phosphoric ester groups is 1. The number of fused-ring (bicyclic) bond motifs is 1. The standard InChI is InChI=1S/C85H144N8O34P2/c1-53(2)128(111,112)121-47-69-65(40-73(123-69)93-52-90-74-80(86)88-51-89-81(74)93)127-129(113,114)122-46-58-39-64(102)42-92(58)72(105)41-71(104)91-85(48-115-36-29-62(100)23-11-7-9-21-59(97)26-14-18-33-118-82-55(4)54(3)75(106)66(43-94)124-82,49-116-37-30-63(101)24-12-8-10-22-60(98)27-15-19-34-119-83-56(5)76(107)78(109)67(44-95)125-83)50-117-38-31-70(103)87-32-17-13-25-61(99)28-16-20-35-120-84-57(6)77(108)79(110)68(45-96)126-84/h51-58,64-69,73,75-79,82-84,94-96,102,106-110H,7-50H2,1-6H3,(H,87,103)(H,91,104)(H,111,112)(H,113,114)(H2,86,88,89)/t54-,55?,56?,57?,58+,64-,65+,66?,67?,68?,69-,73-,75-,76-,77-,78+,79+,82-,83-,84-,85?/m1/s1. The van der Waals surface area contributed by atoms with Gasteiger partial charge < -0.3 is 129 Å². The van der Waals surface area contributed by atoms with Gasteiger partial charge in [0.05, 0.1) is 115 Å². The third-order valence-corrected chi connectivity index (χ3v) is 27.0. The molecule has 738 valence electrons. The molecule has 44 heteroatoms. The highest BCUT2D eigenvalue weighted by atomic mass is 31.2. The van der Waals surface area contributed by atoms with Gasteiger partial charge in [0, 0.05) is 128 Å². The normalized spacial score (nSPS) is 28.1. The van der Waals surface area contributed by atoms with Gasteiger partial charge in [-0.1, -0.05) is 54.4 Å². The molecule has 7 heterocycles. The maximum atomic E-state index is 14.6. The number of nitrogens with zero attached hydrogens (tertiary/aromatic N) is 5. The number of carbonyl (C=O) groups excluding carboxylic acids is 8. The zero-order chi connectivity index (χ0) is 94.4. The SMILES string of the molecule is CC1[C@H](OCCCCC(=O)CCCCCC(=O)CCOCC(COCCC(=O)CCCCCC(=O)CCCCO[C@@H]2OC(CO)[C@H](O)[C@H](O)C2C)(COCCC(=O)NCCCCC(=O)CCCCO[C@@H]2OC(CO)[C@H](O)[C@H](O)C2C)NC(=O)CC(=O)N2C[C@H](O)C[C@H]2COP(=O)(O)O[C@H]2C[C@H](n3cnc4c(N)ncnc43)O[C@@H]2COP(=O)(O)C(C)C)OC(CO)[C@H](O)[C@@H]1C. The van der Waals surface area contributed by atoms with E-state index < -0.39 is 207 Å². The van der Waals surface area contributed by atoms with Crippen LogP contribution in [0.5, 0.6) is 0 Å². The number of aliphatic hydroxyl groups is 9. The van der Waals surface area contributed by atoms with E-state index in [0.29, 0.717) is 122 Å². The van der Waals surface area contributed by atoms with Crippen LogP contribution in [0.1, 0.15) is 228 Å². The Balaban J connectivity index is 0.953. The molecule has 2 aromatic rings. The molecule has 9 unspecified atom stereocenters. The van der Waals surface area contributed by atoms with E-state index in [1.165, 1.54) is 31.1 Å². The average molecular weight is 1880 g/mol. The summed E-state index contributed by atoms with van der Waals surface area (Å²) in [4.78, 5) is 143. The van der Waals surface area contributed by atoms with Crippen molar-refractivity contribution in [1.29, 1.82) is 0 Å². The first-order valence-corrected chi connectivity index (χ1v) is 48.8. The molecule has 23 atom stereocenters. The number of hydrogen-bond acceptors (Lipinski definition) is 36. The van der Waals surface area contributed by atoms with Crippen LogP contribution in [0.15, 0.2) is 12.7 Å². The van der Waals surface area contributed by atoms with Crippen LogP contribution in [0, 0.1) is 23.7 Å². The highest BCUT2D eigenvalue weighted by Gasteiger charge is 2.48. The van der Waals surface area contributed by atoms with Gasteiger partial charge in [0.1, 0.15) is 102 Å². The Morgan fingerprint density at radius 1 is 0.512 bits per heavy atom. The average Bonchev–Trinajstić information content (AvgIpc) is 1.63. The number of amides is 3. The van der Waals surface area contributed by atoms with Crippen molar-refractivity contribution in [3.63, 3.8) is 0 Å². The van der Waals surface area contributed by atoms with Crippen molar-refractivity contribution < 1.29 is 164 Å². The lowest BCUT2D eigenvalue weighted by Crippen LogP contribution is -2.59. The molecule has 0 spiro atoms. The summed E-state index contributed by atoms with van der Waals surface area (Å²) in [6, 6.07) is -1.13. The van der Waals surface area contributed by atoms with Crippen LogP contribution in [-0.2, 0) is 108 Å². The number of nitrogens with two attached hydrogens (primary N) is 1. The monoisotopic (exact) mass is 1880 g/mol. The van der Waals surface area contributed by atoms with E-state index in [4.69, 9.17) is 66.7 Å². The van der Waals surface area contributed by atoms with Crippen LogP contribution in [0.4, 0.5) is 5.82 Å². The van der Waals surface area contributed by atoms with Crippen molar-refractivity contribution in [2.45, 2.75) is 331 Å². The van der Waals surface area contributed by atoms with E-state index in [2.05, 4.69) is 25.6 Å². The van der Waals surface area contributed by atoms with Gasteiger partial charge in [-0.3, -0.25) is 56.5 Å². The van der Waals surface area contributed by atoms with E-state index in [1.807, 2.05) is 13.8 Å². The fraction of sp³-hybridized carbons (Fsp3) is 0.847. The number of ether oxygens (including phenoxy) is 10. The Morgan fingerprint density at radius 3 is 1.44 bits per heavy atom. The number of carbonyl (C=O) groups is 8. The van der Waals surface area contributed by atoms with Gasteiger partial charge in [-0.15, -0.1) is 0 Å². The summed E-state index contributed by atoms with van der Waals surface area (Å²) in [5.41, 5.74) is 3.93. The predicted octanol–water partition coefficient (Wildman–Crippen LogP) is 3.33. The molecule has 5 aliphatic heterocycles. The van der Waals surface area contributed by atoms with Crippen LogP contribution in [0.25, 0.3) is 11.2 Å². The molecule has 5 saturated heterocycles. The molecular formula is C85H144N8O34P2. The summed E-state index contributed by atoms with van der Waals surface area (Å²) < 4.78 is 104. The second-order valence-corrected chi connectivity index (χ2v) is 38.8. The fourth-order valence-corrected chi connectivity index (χ4v) is 17.4. The molecule has 5 fully saturated rings. The lowest BCUT2D eigenvalue weighted by molar-refractivity contribution is -0.282. The van der Waals surface area contributed by atoms with Crippen LogP contribution < -0.4 is 16.4 Å². The maximum absolute atomic E-state index is 14.6. The summed E-state index contributed by atoms with van der Waals surface area (Å²) in [7, 11) is -9.40. The maximum Gasteiger partial charge on any atom is 0.472 e. The van der Waals surface area contributed by atoms with Gasteiger partial charge in [0.15, 0.2) is 30.3 Å². The largest absolute Gasteiger partial charge is 0.472 e. The number of unbranched alkanes of at least 4 members (excludes halogenated alkanes) is 8. The number of ketones is 5. The van der Waals surface area contributed by atoms with Crippen LogP contribution >= 0.6 is 15.4 Å². The number of nitrogen functional groups attached to an aromatic ring is 1. The number of imidazole rings is 1. The predicted molar refractivity (Wildman–Crippen MR) is 459 cm³/mol. The summed E-state index contributed by atoms with van der Waals surface area (Å²) >= 11 is 0. The van der Waals surface area contributed by atoms with Gasteiger partial charge in [-0.25, -0.2) is 19.5 Å². The van der Waals surface area contributed by atoms with E-state index in [1.54, 1.807) is 13.8 Å². The second kappa shape index (κ2) is 56.8. The molecule has 0 aliphatic carbocycles. The first-order valence-electron chi connectivity index (χ1n) is 45.6. The minimum Gasteiger partial charge on any atom is -0.394 e. The Bertz CT molecular complexity index is 3620. The summed E-state index contributed by atoms with van der Waals surface area (Å²) in [5.74, 6) is -3.76. The van der Waals surface area contributed by atoms with E-state index >= 15 is 0 Å². The molecule has 0 aromatic carbocycles. The molecule has 42 nitrogen and oxygen atoms in total. The topological polar surface area (TPSA) is 610 Å². The van der Waals surface area contributed by atoms with Crippen molar-refractivity contribution in [2.24, 2.45) is 23.7 Å². The Labute approximate surface area is 753 Å². The van der Waals surface area contributed by atoms with Crippen LogP contribution in [-0.4, -0.2) is 336 Å². The minimum atomic E-state index is -5.17. The van der Waals surface area contributed by atoms with E-state index in [0.717, 1.165) is 4.90 Å². The van der Waals surface area contributed by atoms with Gasteiger partial charge in [0.25, 0.3) is 0 Å². The third-order valence-electron chi connectivity index (χ3n) is 24.2. The molecule has 0 radical (unpaired) electrons. The highest BCUT2D eigenvalue weighted by molar-refractivity contribution is 7.53. The highest BCUT2D eigenvalue weighted by Crippen LogP contribution is 2.52. The Hall–Kier alpha value is -5.39. The number of phosphoric acid groups is 1. The fourth-order valence-electron chi connectivity index (χ4n) is 15.8. The van der Waals surface area contributed by atoms with Crippen molar-refractivity contribution in [3.8, 4) is 0 Å². The lowest BCUT2D eigenvalue weighted by atomic mass is 9.85. The molecule has 0 saturated carbocycles. The number of likely N-dealkylation sites (tertiary alicyclic amines) is 1. The number of Topliss-reactive ketones (excluding diaryl/α,β-unsaturated/α-hetero) is 5. The van der Waals surface area contributed by atoms with Gasteiger partial charge in [0.2, 0.25) is 17.7 Å². The summed E-state index contributed by atoms with van der Waals surface area (Å²) in [5, 5.41) is 96.8. The second-order valence-electron chi connectivity index (χ2n) is 35.0. The number of nitrogens with one attached hydrogen (secondary N) is 2. The van der Waals surface area contributed by atoms with Gasteiger partial charge in [-0.05, 0) is 89.4 Å². The number of hydrogen-bond donors (Lipinski definition) is 14. The molecule has 129 heavy (non-hydrogen) atoms. The zero-order valence-corrected chi connectivity index (χ0v) is 77.2. The van der Waals surface area contributed by atoms with Gasteiger partial charge >= 0.3 is 15.4 Å². The molecule has 0 bridgehead atoms. The summed E-state index contributed by atoms with van der Waals surface area (Å²) in [6.07, 6.45) is -5.04. The van der Waals surface area contributed by atoms with E-state index in [9.17, 15) is 103 Å². The van der Waals surface area contributed by atoms with Crippen LogP contribution in [0.3, 0.4) is 0 Å². The number of aliphatic hydroxyl groups excluding tert-OH is 9. The molecule has 15 N–H and O–H groups in total. The Kier molecular flexibility index (Phi) is 48.7. The number of β-amino-alcohol motifs (C(OH)–C–C–N with tert-alkyl or cyclic N) is 1. The zero-order valence-electron chi connectivity index (χ0n) is 75.4. The third kappa shape index (κ3) is 37.0. The number of aromatic nitrogens is 4. The van der Waals surface area contributed by atoms with Crippen molar-refractivity contribution in [2.75, 3.05) is 111 Å². The number of rotatable bonds is 66. The molecular weight excluding hydrogens is 1740 g/mol. The number of anilines is 1. The minimum absolute atomic E-state index is 0.00844. The van der Waals surface area contributed by atoms with Crippen molar-refractivity contribution >= 4 is 79.0 Å². The molecule has 3 amide bonds. The smallest absolute Gasteiger partial charge is 0.394 e. The summed E-state index contributed by atoms with van der Waals surface area (Å²) in [6.45, 7) is 6.18. The Morgan fingerprint density at radius 2 is 0.961 bits per heavy atom. The van der Waals surface area contributed by atoms with Crippen molar-refractivity contribution in [1.82, 2.24) is 35.1 Å². The first-order chi connectivity index (χ1) is 61.5. The first kappa shape index (κ1) is 111. The van der Waals surface area contributed by atoms with E-state index in [-0.39, 0.29) is 168 Å². The van der Waals surface area contributed by atoms with Crippen molar-refractivity contribution in [3.05, 3.63) is 12.7 Å². The molecule has 7 rings (SSSR count).